The summed E-state index contributed by atoms with van der Waals surface area (Å²) in [6.07, 6.45) is 8.66. The fraction of sp³-hybridized carbons (Fsp3) is 0.406. The number of nitrogens with zero attached hydrogens (tertiary/aromatic N) is 3. The second-order valence-electron chi connectivity index (χ2n) is 10.1. The van der Waals surface area contributed by atoms with Gasteiger partial charge in [-0.2, -0.15) is 0 Å². The molecule has 6 heteroatoms. The third kappa shape index (κ3) is 7.00. The lowest BCUT2D eigenvalue weighted by Gasteiger charge is -2.28. The van der Waals surface area contributed by atoms with Gasteiger partial charge in [-0.25, -0.2) is 9.97 Å². The van der Waals surface area contributed by atoms with E-state index in [0.717, 1.165) is 76.3 Å². The summed E-state index contributed by atoms with van der Waals surface area (Å²) in [6.45, 7) is 15.1. The van der Waals surface area contributed by atoms with Gasteiger partial charge in [0.25, 0.3) is 0 Å². The maximum atomic E-state index is 5.62. The van der Waals surface area contributed by atoms with Crippen LogP contribution in [0.2, 0.25) is 0 Å². The lowest BCUT2D eigenvalue weighted by Crippen LogP contribution is -2.27. The Labute approximate surface area is 228 Å². The molecule has 0 bridgehead atoms. The molecule has 0 amide bonds. The largest absolute Gasteiger partial charge is 0.496 e. The molecule has 1 atom stereocenters. The number of rotatable bonds is 13. The molecule has 1 aromatic heterocycles. The number of ether oxygens (including phenoxy) is 1. The summed E-state index contributed by atoms with van der Waals surface area (Å²) >= 11 is 0. The minimum absolute atomic E-state index is 0.0722. The lowest BCUT2D eigenvalue weighted by molar-refractivity contribution is 0.408. The van der Waals surface area contributed by atoms with Crippen LogP contribution in [0.25, 0.3) is 10.9 Å². The van der Waals surface area contributed by atoms with Gasteiger partial charge >= 0.3 is 0 Å². The quantitative estimate of drug-likeness (QED) is 0.232. The molecule has 0 saturated carbocycles. The van der Waals surface area contributed by atoms with Gasteiger partial charge in [-0.05, 0) is 67.7 Å². The van der Waals surface area contributed by atoms with Crippen LogP contribution < -0.4 is 15.4 Å². The van der Waals surface area contributed by atoms with Crippen molar-refractivity contribution in [1.29, 1.82) is 0 Å². The van der Waals surface area contributed by atoms with Crippen molar-refractivity contribution in [2.45, 2.75) is 66.7 Å². The highest BCUT2D eigenvalue weighted by atomic mass is 16.5. The number of hydrogen-bond donors (Lipinski definition) is 2. The van der Waals surface area contributed by atoms with Crippen molar-refractivity contribution in [3.8, 4) is 5.75 Å². The van der Waals surface area contributed by atoms with Crippen molar-refractivity contribution in [3.63, 3.8) is 0 Å². The van der Waals surface area contributed by atoms with Gasteiger partial charge in [0.1, 0.15) is 12.1 Å². The standard InChI is InChI=1S/C32H43N5O/c1-9-15-32(6,11-3)31(33-7)16-22(4)36-23(5)37-26-14-12-13-24(17-26)18-28-27-20-30(38-8)25(10-2)19-29(27)35-21-34-28/h12-14,16-17,19-21,36-37H,5,9-11,15,18H2,1-4,6-8H3/b22-16+,33-31?. The maximum absolute atomic E-state index is 5.62. The Balaban J connectivity index is 1.75. The molecular weight excluding hydrogens is 470 g/mol. The molecule has 0 aliphatic carbocycles. The Morgan fingerprint density at radius 1 is 1.16 bits per heavy atom. The summed E-state index contributed by atoms with van der Waals surface area (Å²) < 4.78 is 5.62. The van der Waals surface area contributed by atoms with Crippen molar-refractivity contribution in [3.05, 3.63) is 83.7 Å². The highest BCUT2D eigenvalue weighted by molar-refractivity contribution is 5.99. The van der Waals surface area contributed by atoms with Gasteiger partial charge < -0.3 is 15.4 Å². The number of benzene rings is 2. The Bertz CT molecular complexity index is 1330. The van der Waals surface area contributed by atoms with Crippen molar-refractivity contribution < 1.29 is 4.74 Å². The first-order valence-corrected chi connectivity index (χ1v) is 13.5. The van der Waals surface area contributed by atoms with Crippen molar-refractivity contribution in [2.75, 3.05) is 19.5 Å². The minimum Gasteiger partial charge on any atom is -0.496 e. The highest BCUT2D eigenvalue weighted by Crippen LogP contribution is 2.31. The highest BCUT2D eigenvalue weighted by Gasteiger charge is 2.26. The second-order valence-corrected chi connectivity index (χ2v) is 10.1. The molecule has 3 aromatic rings. The van der Waals surface area contributed by atoms with Gasteiger partial charge in [0.05, 0.1) is 24.1 Å². The molecule has 38 heavy (non-hydrogen) atoms. The van der Waals surface area contributed by atoms with E-state index < -0.39 is 0 Å². The molecule has 3 rings (SSSR count). The summed E-state index contributed by atoms with van der Waals surface area (Å²) in [5.41, 5.74) is 7.36. The zero-order valence-corrected chi connectivity index (χ0v) is 24.1. The van der Waals surface area contributed by atoms with Gasteiger partial charge in [-0.15, -0.1) is 0 Å². The summed E-state index contributed by atoms with van der Waals surface area (Å²) in [7, 11) is 3.58. The van der Waals surface area contributed by atoms with Crippen LogP contribution in [0.1, 0.15) is 70.7 Å². The summed E-state index contributed by atoms with van der Waals surface area (Å²) in [5, 5.41) is 7.80. The molecule has 0 saturated heterocycles. The number of nitrogens with one attached hydrogen (secondary N) is 2. The molecule has 2 N–H and O–H groups in total. The SMILES string of the molecule is C=C(N/C(C)=C/C(=NC)C(C)(CC)CCC)Nc1cccc(Cc2ncnc3cc(CC)c(OC)cc23)c1. The summed E-state index contributed by atoms with van der Waals surface area (Å²) in [5.74, 6) is 1.59. The zero-order valence-electron chi connectivity index (χ0n) is 24.1. The van der Waals surface area contributed by atoms with Crippen LogP contribution in [-0.4, -0.2) is 29.8 Å². The van der Waals surface area contributed by atoms with Gasteiger partial charge in [0.15, 0.2) is 0 Å². The van der Waals surface area contributed by atoms with Crippen LogP contribution >= 0.6 is 0 Å². The smallest absolute Gasteiger partial charge is 0.122 e. The normalized spacial score (nSPS) is 13.8. The number of anilines is 1. The number of allylic oxidation sites excluding steroid dienone is 2. The number of aromatic nitrogens is 2. The van der Waals surface area contributed by atoms with E-state index in [1.54, 1.807) is 13.4 Å². The van der Waals surface area contributed by atoms with E-state index in [-0.39, 0.29) is 5.41 Å². The van der Waals surface area contributed by atoms with E-state index in [0.29, 0.717) is 12.2 Å². The van der Waals surface area contributed by atoms with E-state index in [1.807, 2.05) is 19.2 Å². The first-order chi connectivity index (χ1) is 18.3. The van der Waals surface area contributed by atoms with E-state index >= 15 is 0 Å². The third-order valence-electron chi connectivity index (χ3n) is 7.24. The Morgan fingerprint density at radius 2 is 1.95 bits per heavy atom. The molecule has 1 unspecified atom stereocenters. The molecule has 0 aliphatic heterocycles. The molecule has 202 valence electrons. The Hall–Kier alpha value is -3.67. The molecule has 0 aliphatic rings. The van der Waals surface area contributed by atoms with Gasteiger partial charge in [-0.1, -0.05) is 52.8 Å². The van der Waals surface area contributed by atoms with Crippen LogP contribution in [0.5, 0.6) is 5.75 Å². The molecule has 1 heterocycles. The number of aryl methyl sites for hydroxylation is 1. The molecule has 2 aromatic carbocycles. The van der Waals surface area contributed by atoms with Crippen LogP contribution in [0.15, 0.2) is 71.9 Å². The molecule has 0 spiro atoms. The maximum Gasteiger partial charge on any atom is 0.122 e. The molecule has 6 nitrogen and oxygen atoms in total. The lowest BCUT2D eigenvalue weighted by atomic mass is 9.78. The number of hydrogen-bond acceptors (Lipinski definition) is 6. The van der Waals surface area contributed by atoms with Crippen molar-refractivity contribution >= 4 is 22.3 Å². The predicted molar refractivity (Wildman–Crippen MR) is 161 cm³/mol. The first kappa shape index (κ1) is 28.9. The van der Waals surface area contributed by atoms with E-state index in [4.69, 9.17) is 4.74 Å². The average molecular weight is 514 g/mol. The summed E-state index contributed by atoms with van der Waals surface area (Å²) in [6, 6.07) is 12.5. The summed E-state index contributed by atoms with van der Waals surface area (Å²) in [4.78, 5) is 13.7. The van der Waals surface area contributed by atoms with Crippen molar-refractivity contribution in [2.24, 2.45) is 10.4 Å². The monoisotopic (exact) mass is 513 g/mol. The average Bonchev–Trinajstić information content (AvgIpc) is 2.91. The topological polar surface area (TPSA) is 71.4 Å². The molecule has 0 radical (unpaired) electrons. The fourth-order valence-electron chi connectivity index (χ4n) is 4.97. The van der Waals surface area contributed by atoms with E-state index in [2.05, 4.69) is 97.1 Å². The Kier molecular flexibility index (Phi) is 10.1. The number of fused-ring (bicyclic) bond motifs is 1. The van der Waals surface area contributed by atoms with E-state index in [1.165, 1.54) is 0 Å². The van der Waals surface area contributed by atoms with E-state index in [9.17, 15) is 0 Å². The van der Waals surface area contributed by atoms with Crippen LogP contribution in [0, 0.1) is 5.41 Å². The van der Waals surface area contributed by atoms with Gasteiger partial charge in [0.2, 0.25) is 0 Å². The second kappa shape index (κ2) is 13.2. The molecular formula is C32H43N5O. The Morgan fingerprint density at radius 3 is 2.61 bits per heavy atom. The molecule has 0 fully saturated rings. The van der Waals surface area contributed by atoms with Crippen LogP contribution in [0.4, 0.5) is 5.69 Å². The fourth-order valence-corrected chi connectivity index (χ4v) is 4.97. The number of methoxy groups -OCH3 is 1. The third-order valence-corrected chi connectivity index (χ3v) is 7.24. The predicted octanol–water partition coefficient (Wildman–Crippen LogP) is 7.46. The minimum atomic E-state index is 0.0722. The number of aliphatic imine (C=N–C) groups is 1. The van der Waals surface area contributed by atoms with Crippen LogP contribution in [-0.2, 0) is 12.8 Å². The zero-order chi connectivity index (χ0) is 27.7. The van der Waals surface area contributed by atoms with Gasteiger partial charge in [0, 0.05) is 41.4 Å². The first-order valence-electron chi connectivity index (χ1n) is 13.5. The van der Waals surface area contributed by atoms with Crippen molar-refractivity contribution in [1.82, 2.24) is 15.3 Å². The van der Waals surface area contributed by atoms with Crippen LogP contribution in [0.3, 0.4) is 0 Å². The van der Waals surface area contributed by atoms with Gasteiger partial charge in [-0.3, -0.25) is 4.99 Å².